The Morgan fingerprint density at radius 1 is 1.67 bits per heavy atom. The summed E-state index contributed by atoms with van der Waals surface area (Å²) >= 11 is 0. The number of allylic oxidation sites excluding steroid dienone is 2. The molecule has 2 heteroatoms. The van der Waals surface area contributed by atoms with E-state index >= 15 is 0 Å². The van der Waals surface area contributed by atoms with Crippen LogP contribution in [0.15, 0.2) is 37.1 Å². The second-order valence-corrected chi connectivity index (χ2v) is 2.77. The molecule has 0 N–H and O–H groups in total. The van der Waals surface area contributed by atoms with Crippen LogP contribution >= 0.6 is 0 Å². The van der Waals surface area contributed by atoms with Crippen LogP contribution < -0.4 is 0 Å². The minimum Gasteiger partial charge on any atom is -0.360 e. The molecule has 0 aliphatic carbocycles. The summed E-state index contributed by atoms with van der Waals surface area (Å²) in [6, 6.07) is -0.104. The lowest BCUT2D eigenvalue weighted by Crippen LogP contribution is -2.35. The van der Waals surface area contributed by atoms with Crippen LogP contribution in [0.4, 0.5) is 0 Å². The van der Waals surface area contributed by atoms with Crippen molar-refractivity contribution in [3.05, 3.63) is 37.1 Å². The molecule has 0 fully saturated rings. The Morgan fingerprint density at radius 3 is 3.00 bits per heavy atom. The molecule has 1 aliphatic rings. The highest BCUT2D eigenvalue weighted by molar-refractivity contribution is 5.83. The van der Waals surface area contributed by atoms with Crippen LogP contribution in [-0.2, 0) is 4.79 Å². The lowest BCUT2D eigenvalue weighted by atomic mass is 10.1. The minimum absolute atomic E-state index is 0.104. The number of nitrogens with zero attached hydrogens (tertiary/aromatic N) is 1. The van der Waals surface area contributed by atoms with Crippen LogP contribution in [0.5, 0.6) is 0 Å². The number of hydrogen-bond acceptors (Lipinski definition) is 2. The first-order chi connectivity index (χ1) is 5.75. The molecule has 0 aromatic heterocycles. The van der Waals surface area contributed by atoms with E-state index in [1.165, 1.54) is 0 Å². The van der Waals surface area contributed by atoms with E-state index in [0.717, 1.165) is 0 Å². The first kappa shape index (κ1) is 8.78. The fraction of sp³-hybridized carbons (Fsp3) is 0.300. The van der Waals surface area contributed by atoms with Gasteiger partial charge in [0.1, 0.15) is 6.04 Å². The number of Topliss-reactive ketones (excluding diaryl/α,β-unsaturated/α-hetero) is 1. The SMILES string of the molecule is C=CCN1C=CC=CC1C(C)=O. The Morgan fingerprint density at radius 2 is 2.42 bits per heavy atom. The first-order valence-electron chi connectivity index (χ1n) is 3.98. The van der Waals surface area contributed by atoms with Crippen LogP contribution in [-0.4, -0.2) is 23.3 Å². The Kier molecular flexibility index (Phi) is 2.86. The fourth-order valence-corrected chi connectivity index (χ4v) is 1.23. The second kappa shape index (κ2) is 3.90. The van der Waals surface area contributed by atoms with E-state index in [1.54, 1.807) is 13.0 Å². The van der Waals surface area contributed by atoms with E-state index < -0.39 is 0 Å². The summed E-state index contributed by atoms with van der Waals surface area (Å²) in [6.07, 6.45) is 9.41. The van der Waals surface area contributed by atoms with Crippen molar-refractivity contribution < 1.29 is 4.79 Å². The van der Waals surface area contributed by atoms with Crippen molar-refractivity contribution in [3.8, 4) is 0 Å². The van der Waals surface area contributed by atoms with Gasteiger partial charge in [0, 0.05) is 12.7 Å². The number of carbonyl (C=O) groups is 1. The highest BCUT2D eigenvalue weighted by Crippen LogP contribution is 2.08. The summed E-state index contributed by atoms with van der Waals surface area (Å²) in [6.45, 7) is 5.95. The molecule has 0 spiro atoms. The lowest BCUT2D eigenvalue weighted by molar-refractivity contribution is -0.119. The molecule has 0 radical (unpaired) electrons. The van der Waals surface area contributed by atoms with Gasteiger partial charge in [0.25, 0.3) is 0 Å². The molecule has 0 aromatic rings. The largest absolute Gasteiger partial charge is 0.360 e. The summed E-state index contributed by atoms with van der Waals surface area (Å²) in [5, 5.41) is 0. The van der Waals surface area contributed by atoms with Crippen LogP contribution in [0.3, 0.4) is 0 Å². The van der Waals surface area contributed by atoms with Gasteiger partial charge in [-0.2, -0.15) is 0 Å². The molecule has 0 saturated heterocycles. The van der Waals surface area contributed by atoms with E-state index in [-0.39, 0.29) is 11.8 Å². The van der Waals surface area contributed by atoms with Gasteiger partial charge in [0.15, 0.2) is 5.78 Å². The predicted octanol–water partition coefficient (Wildman–Crippen LogP) is 1.52. The first-order valence-corrected chi connectivity index (χ1v) is 3.98. The van der Waals surface area contributed by atoms with Crippen molar-refractivity contribution in [2.75, 3.05) is 6.54 Å². The maximum atomic E-state index is 11.1. The average Bonchev–Trinajstić information content (AvgIpc) is 2.05. The number of rotatable bonds is 3. The van der Waals surface area contributed by atoms with E-state index in [1.807, 2.05) is 29.3 Å². The van der Waals surface area contributed by atoms with Gasteiger partial charge >= 0.3 is 0 Å². The normalized spacial score (nSPS) is 21.1. The molecule has 0 aromatic carbocycles. The summed E-state index contributed by atoms with van der Waals surface area (Å²) in [5.41, 5.74) is 0. The zero-order valence-corrected chi connectivity index (χ0v) is 7.23. The molecule has 64 valence electrons. The lowest BCUT2D eigenvalue weighted by Gasteiger charge is -2.26. The van der Waals surface area contributed by atoms with Crippen molar-refractivity contribution in [2.24, 2.45) is 0 Å². The summed E-state index contributed by atoms with van der Waals surface area (Å²) < 4.78 is 0. The topological polar surface area (TPSA) is 20.3 Å². The van der Waals surface area contributed by atoms with Crippen LogP contribution in [0.25, 0.3) is 0 Å². The van der Waals surface area contributed by atoms with Gasteiger partial charge < -0.3 is 4.90 Å². The molecule has 1 aliphatic heterocycles. The molecule has 1 unspecified atom stereocenters. The van der Waals surface area contributed by atoms with Gasteiger partial charge in [0.2, 0.25) is 0 Å². The molecular weight excluding hydrogens is 150 g/mol. The Bertz CT molecular complexity index is 240. The smallest absolute Gasteiger partial charge is 0.156 e. The summed E-state index contributed by atoms with van der Waals surface area (Å²) in [5.74, 6) is 0.164. The summed E-state index contributed by atoms with van der Waals surface area (Å²) in [4.78, 5) is 13.1. The molecule has 0 saturated carbocycles. The Hall–Kier alpha value is -1.31. The van der Waals surface area contributed by atoms with Crippen molar-refractivity contribution in [1.82, 2.24) is 4.90 Å². The van der Waals surface area contributed by atoms with E-state index in [4.69, 9.17) is 0 Å². The highest BCUT2D eigenvalue weighted by Gasteiger charge is 2.16. The van der Waals surface area contributed by atoms with Gasteiger partial charge in [0.05, 0.1) is 0 Å². The van der Waals surface area contributed by atoms with Gasteiger partial charge in [-0.05, 0) is 13.0 Å². The minimum atomic E-state index is -0.104. The highest BCUT2D eigenvalue weighted by atomic mass is 16.1. The van der Waals surface area contributed by atoms with Crippen molar-refractivity contribution in [3.63, 3.8) is 0 Å². The molecule has 0 bridgehead atoms. The second-order valence-electron chi connectivity index (χ2n) is 2.77. The molecule has 1 atom stereocenters. The molecular formula is C10H13NO. The standard InChI is InChI=1S/C10H13NO/c1-3-7-11-8-5-4-6-10(11)9(2)12/h3-6,8,10H,1,7H2,2H3. The monoisotopic (exact) mass is 163 g/mol. The Balaban J connectivity index is 2.70. The van der Waals surface area contributed by atoms with Crippen molar-refractivity contribution in [2.45, 2.75) is 13.0 Å². The molecule has 12 heavy (non-hydrogen) atoms. The van der Waals surface area contributed by atoms with Crippen molar-refractivity contribution >= 4 is 5.78 Å². The predicted molar refractivity (Wildman–Crippen MR) is 49.7 cm³/mol. The number of carbonyl (C=O) groups excluding carboxylic acids is 1. The van der Waals surface area contributed by atoms with E-state index in [0.29, 0.717) is 6.54 Å². The third-order valence-electron chi connectivity index (χ3n) is 1.80. The van der Waals surface area contributed by atoms with Crippen LogP contribution in [0, 0.1) is 0 Å². The molecule has 1 rings (SSSR count). The number of ketones is 1. The molecule has 0 amide bonds. The quantitative estimate of drug-likeness (QED) is 0.588. The maximum Gasteiger partial charge on any atom is 0.156 e. The van der Waals surface area contributed by atoms with Gasteiger partial charge in [-0.3, -0.25) is 4.79 Å². The van der Waals surface area contributed by atoms with Gasteiger partial charge in [-0.15, -0.1) is 6.58 Å². The summed E-state index contributed by atoms with van der Waals surface area (Å²) in [7, 11) is 0. The van der Waals surface area contributed by atoms with Crippen LogP contribution in [0.1, 0.15) is 6.92 Å². The zero-order chi connectivity index (χ0) is 8.97. The van der Waals surface area contributed by atoms with Crippen molar-refractivity contribution in [1.29, 1.82) is 0 Å². The third kappa shape index (κ3) is 1.84. The maximum absolute atomic E-state index is 11.1. The molecule has 1 heterocycles. The van der Waals surface area contributed by atoms with Gasteiger partial charge in [-0.25, -0.2) is 0 Å². The zero-order valence-electron chi connectivity index (χ0n) is 7.23. The van der Waals surface area contributed by atoms with Crippen LogP contribution in [0.2, 0.25) is 0 Å². The Labute approximate surface area is 72.9 Å². The number of hydrogen-bond donors (Lipinski definition) is 0. The molecule has 2 nitrogen and oxygen atoms in total. The van der Waals surface area contributed by atoms with E-state index in [2.05, 4.69) is 6.58 Å². The third-order valence-corrected chi connectivity index (χ3v) is 1.80. The van der Waals surface area contributed by atoms with Gasteiger partial charge in [-0.1, -0.05) is 18.2 Å². The van der Waals surface area contributed by atoms with E-state index in [9.17, 15) is 4.79 Å². The average molecular weight is 163 g/mol. The fourth-order valence-electron chi connectivity index (χ4n) is 1.23.